The number of hydrogen-bond acceptors (Lipinski definition) is 6. The molecule has 3 aromatic carbocycles. The Bertz CT molecular complexity index is 1010. The van der Waals surface area contributed by atoms with Crippen molar-refractivity contribution in [2.45, 2.75) is 0 Å². The normalized spacial score (nSPS) is 13.8. The van der Waals surface area contributed by atoms with Gasteiger partial charge in [0.25, 0.3) is 0 Å². The van der Waals surface area contributed by atoms with Crippen LogP contribution in [0.15, 0.2) is 72.8 Å². The Balaban J connectivity index is 1.74. The van der Waals surface area contributed by atoms with E-state index in [1.807, 2.05) is 48.5 Å². The summed E-state index contributed by atoms with van der Waals surface area (Å²) in [5.41, 5.74) is 4.44. The zero-order valence-corrected chi connectivity index (χ0v) is 16.3. The van der Waals surface area contributed by atoms with E-state index in [4.69, 9.17) is 0 Å². The molecular weight excluding hydrogens is 378 g/mol. The lowest BCUT2D eigenvalue weighted by Gasteiger charge is -2.46. The van der Waals surface area contributed by atoms with Gasteiger partial charge in [-0.2, -0.15) is 0 Å². The number of aldehydes is 3. The number of benzene rings is 3. The first kappa shape index (κ1) is 19.4. The molecule has 1 fully saturated rings. The molecule has 0 saturated carbocycles. The van der Waals surface area contributed by atoms with Crippen molar-refractivity contribution >= 4 is 35.9 Å². The predicted molar refractivity (Wildman–Crippen MR) is 118 cm³/mol. The molecule has 0 unspecified atom stereocenters. The first-order chi connectivity index (χ1) is 14.7. The summed E-state index contributed by atoms with van der Waals surface area (Å²) in [6.07, 6.45) is 2.53. The fourth-order valence-corrected chi connectivity index (χ4v) is 3.73. The van der Waals surface area contributed by atoms with E-state index in [-0.39, 0.29) is 0 Å². The van der Waals surface area contributed by atoms with E-state index >= 15 is 0 Å². The summed E-state index contributed by atoms with van der Waals surface area (Å²) in [5.74, 6) is 0. The van der Waals surface area contributed by atoms with Crippen LogP contribution in [-0.4, -0.2) is 38.9 Å². The highest BCUT2D eigenvalue weighted by Gasteiger charge is 2.26. The summed E-state index contributed by atoms with van der Waals surface area (Å²) in [6.45, 7) is 1.65. The molecule has 4 rings (SSSR count). The first-order valence-electron chi connectivity index (χ1n) is 9.62. The van der Waals surface area contributed by atoms with Gasteiger partial charge in [0.05, 0.1) is 31.4 Å². The maximum absolute atomic E-state index is 11.6. The van der Waals surface area contributed by atoms with Gasteiger partial charge in [0, 0.05) is 22.4 Å². The van der Waals surface area contributed by atoms with Gasteiger partial charge in [0.1, 0.15) is 6.29 Å². The van der Waals surface area contributed by atoms with Crippen LogP contribution in [0.2, 0.25) is 0 Å². The lowest BCUT2D eigenvalue weighted by Crippen LogP contribution is -2.56. The number of para-hydroxylation sites is 2. The van der Waals surface area contributed by atoms with Gasteiger partial charge in [0.2, 0.25) is 0 Å². The summed E-state index contributed by atoms with van der Waals surface area (Å²) in [6, 6.07) is 22.3. The number of carbonyl (C=O) groups is 3. The van der Waals surface area contributed by atoms with Gasteiger partial charge >= 0.3 is 0 Å². The van der Waals surface area contributed by atoms with Gasteiger partial charge < -0.3 is 14.7 Å². The lowest BCUT2D eigenvalue weighted by molar-refractivity contribution is 0.111. The van der Waals surface area contributed by atoms with Crippen molar-refractivity contribution in [3.05, 3.63) is 89.5 Å². The second kappa shape index (κ2) is 8.61. The second-order valence-electron chi connectivity index (χ2n) is 7.11. The fourth-order valence-electron chi connectivity index (χ4n) is 3.73. The fraction of sp³-hybridized carbons (Fsp3) is 0.125. The van der Waals surface area contributed by atoms with Crippen molar-refractivity contribution in [1.82, 2.24) is 0 Å². The molecule has 3 aromatic rings. The maximum Gasteiger partial charge on any atom is 0.152 e. The molecule has 1 aliphatic heterocycles. The Labute approximate surface area is 174 Å². The molecule has 1 aliphatic rings. The molecular formula is C24H21N3O3. The molecule has 0 atom stereocenters. The zero-order valence-electron chi connectivity index (χ0n) is 16.3. The third-order valence-corrected chi connectivity index (χ3v) is 5.23. The molecule has 6 nitrogen and oxygen atoms in total. The van der Waals surface area contributed by atoms with Crippen LogP contribution in [0.5, 0.6) is 0 Å². The Morgan fingerprint density at radius 1 is 0.533 bits per heavy atom. The quantitative estimate of drug-likeness (QED) is 0.587. The molecule has 0 radical (unpaired) electrons. The highest BCUT2D eigenvalue weighted by Crippen LogP contribution is 2.29. The van der Waals surface area contributed by atoms with Crippen LogP contribution in [0.3, 0.4) is 0 Å². The average Bonchev–Trinajstić information content (AvgIpc) is 2.83. The molecule has 0 aromatic heterocycles. The van der Waals surface area contributed by atoms with Crippen LogP contribution < -0.4 is 14.7 Å². The minimum atomic E-state index is 0.526. The number of anilines is 3. The summed E-state index contributed by atoms with van der Waals surface area (Å²) < 4.78 is 0. The van der Waals surface area contributed by atoms with Crippen LogP contribution >= 0.6 is 0 Å². The average molecular weight is 399 g/mol. The zero-order chi connectivity index (χ0) is 20.9. The summed E-state index contributed by atoms with van der Waals surface area (Å²) in [5, 5.41) is 0. The van der Waals surface area contributed by atoms with Gasteiger partial charge in [0.15, 0.2) is 12.6 Å². The van der Waals surface area contributed by atoms with Gasteiger partial charge in [-0.15, -0.1) is 0 Å². The van der Waals surface area contributed by atoms with Crippen molar-refractivity contribution < 1.29 is 14.4 Å². The Morgan fingerprint density at radius 3 is 1.47 bits per heavy atom. The van der Waals surface area contributed by atoms with Crippen LogP contribution in [0.25, 0.3) is 0 Å². The minimum absolute atomic E-state index is 0.526. The van der Waals surface area contributed by atoms with Crippen LogP contribution in [0.1, 0.15) is 31.1 Å². The topological polar surface area (TPSA) is 60.9 Å². The third-order valence-electron chi connectivity index (χ3n) is 5.23. The molecule has 0 amide bonds. The Hall–Kier alpha value is -3.93. The third kappa shape index (κ3) is 3.80. The Kier molecular flexibility index (Phi) is 5.57. The Morgan fingerprint density at radius 2 is 1.00 bits per heavy atom. The molecule has 0 N–H and O–H groups in total. The van der Waals surface area contributed by atoms with Crippen LogP contribution in [0.4, 0.5) is 17.1 Å². The highest BCUT2D eigenvalue weighted by atomic mass is 16.1. The standard InChI is InChI=1S/C24H21N3O3/c28-13-19-9-11-22(12-10-19)25-16-26(23-7-3-1-5-20(23)14-29)18-27(17-25)24-8-4-2-6-21(24)15-30/h1-15H,16-18H2. The maximum atomic E-state index is 11.6. The minimum Gasteiger partial charge on any atom is -0.336 e. The van der Waals surface area contributed by atoms with E-state index in [0.717, 1.165) is 35.9 Å². The summed E-state index contributed by atoms with van der Waals surface area (Å²) in [7, 11) is 0. The van der Waals surface area contributed by atoms with Crippen LogP contribution in [0, 0.1) is 0 Å². The molecule has 0 aliphatic carbocycles. The SMILES string of the molecule is O=Cc1ccc(N2CN(c3ccccc3C=O)CN(c3ccccc3C=O)C2)cc1. The molecule has 0 spiro atoms. The van der Waals surface area contributed by atoms with Crippen molar-refractivity contribution in [3.63, 3.8) is 0 Å². The van der Waals surface area contributed by atoms with E-state index in [2.05, 4.69) is 14.7 Å². The van der Waals surface area contributed by atoms with Gasteiger partial charge in [-0.05, 0) is 48.5 Å². The van der Waals surface area contributed by atoms with E-state index in [1.165, 1.54) is 0 Å². The smallest absolute Gasteiger partial charge is 0.152 e. The first-order valence-corrected chi connectivity index (χ1v) is 9.62. The van der Waals surface area contributed by atoms with E-state index in [0.29, 0.717) is 36.7 Å². The predicted octanol–water partition coefficient (Wildman–Crippen LogP) is 3.83. The largest absolute Gasteiger partial charge is 0.336 e. The molecule has 1 heterocycles. The van der Waals surface area contributed by atoms with Gasteiger partial charge in [-0.25, -0.2) is 0 Å². The molecule has 30 heavy (non-hydrogen) atoms. The van der Waals surface area contributed by atoms with Crippen molar-refractivity contribution in [1.29, 1.82) is 0 Å². The molecule has 150 valence electrons. The van der Waals surface area contributed by atoms with E-state index < -0.39 is 0 Å². The number of hydrogen-bond donors (Lipinski definition) is 0. The highest BCUT2D eigenvalue weighted by molar-refractivity contribution is 5.86. The lowest BCUT2D eigenvalue weighted by atomic mass is 10.1. The van der Waals surface area contributed by atoms with Crippen molar-refractivity contribution in [2.24, 2.45) is 0 Å². The van der Waals surface area contributed by atoms with Crippen molar-refractivity contribution in [3.8, 4) is 0 Å². The van der Waals surface area contributed by atoms with E-state index in [9.17, 15) is 14.4 Å². The molecule has 0 bridgehead atoms. The summed E-state index contributed by atoms with van der Waals surface area (Å²) >= 11 is 0. The van der Waals surface area contributed by atoms with Gasteiger partial charge in [-0.3, -0.25) is 14.4 Å². The molecule has 1 saturated heterocycles. The summed E-state index contributed by atoms with van der Waals surface area (Å²) in [4.78, 5) is 40.6. The number of rotatable bonds is 6. The number of nitrogens with zero attached hydrogens (tertiary/aromatic N) is 3. The monoisotopic (exact) mass is 399 g/mol. The number of carbonyl (C=O) groups excluding carboxylic acids is 3. The van der Waals surface area contributed by atoms with Crippen LogP contribution in [-0.2, 0) is 0 Å². The second-order valence-corrected chi connectivity index (χ2v) is 7.11. The van der Waals surface area contributed by atoms with Gasteiger partial charge in [-0.1, -0.05) is 24.3 Å². The molecule has 6 heteroatoms. The van der Waals surface area contributed by atoms with E-state index in [1.54, 1.807) is 24.3 Å². The van der Waals surface area contributed by atoms with Crippen molar-refractivity contribution in [2.75, 3.05) is 34.7 Å².